The van der Waals surface area contributed by atoms with Gasteiger partial charge in [-0.15, -0.1) is 0 Å². The lowest BCUT2D eigenvalue weighted by molar-refractivity contribution is -0.120. The van der Waals surface area contributed by atoms with Gasteiger partial charge in [-0.25, -0.2) is 0 Å². The lowest BCUT2D eigenvalue weighted by Crippen LogP contribution is -2.23. The maximum atomic E-state index is 11.7. The number of nitrogens with one attached hydrogen (secondary N) is 1. The highest BCUT2D eigenvalue weighted by atomic mass is 16.5. The molecule has 0 bridgehead atoms. The predicted octanol–water partition coefficient (Wildman–Crippen LogP) is 1.97. The van der Waals surface area contributed by atoms with Crippen LogP contribution in [-0.2, 0) is 4.79 Å². The molecule has 1 heterocycles. The zero-order chi connectivity index (χ0) is 9.80. The van der Waals surface area contributed by atoms with Crippen molar-refractivity contribution in [1.82, 2.24) is 5.16 Å². The molecule has 0 radical (unpaired) electrons. The van der Waals surface area contributed by atoms with Crippen LogP contribution in [0.4, 0.5) is 5.69 Å². The normalized spacial score (nSPS) is 20.7. The first-order chi connectivity index (χ1) is 6.86. The van der Waals surface area contributed by atoms with E-state index >= 15 is 0 Å². The predicted molar refractivity (Wildman–Crippen MR) is 51.6 cm³/mol. The van der Waals surface area contributed by atoms with Crippen molar-refractivity contribution in [3.63, 3.8) is 0 Å². The summed E-state index contributed by atoms with van der Waals surface area (Å²) in [5, 5.41) is 6.28. The number of nitrogens with zero attached hydrogens (tertiary/aromatic N) is 1. The Morgan fingerprint density at radius 3 is 3.14 bits per heavy atom. The van der Waals surface area contributed by atoms with Gasteiger partial charge in [-0.3, -0.25) is 4.79 Å². The number of carbonyl (C=O) groups is 1. The van der Waals surface area contributed by atoms with Crippen LogP contribution in [0, 0.1) is 5.92 Å². The van der Waals surface area contributed by atoms with Gasteiger partial charge in [0, 0.05) is 5.92 Å². The van der Waals surface area contributed by atoms with E-state index in [1.54, 1.807) is 0 Å². The second kappa shape index (κ2) is 4.09. The molecule has 0 aromatic carbocycles. The number of rotatable bonds is 2. The lowest BCUT2D eigenvalue weighted by atomic mass is 9.94. The van der Waals surface area contributed by atoms with Gasteiger partial charge < -0.3 is 9.84 Å². The molecule has 1 aliphatic carbocycles. The fourth-order valence-electron chi connectivity index (χ4n) is 1.54. The molecular weight excluding hydrogens is 180 g/mol. The monoisotopic (exact) mass is 192 g/mol. The Morgan fingerprint density at radius 1 is 1.57 bits per heavy atom. The number of aromatic nitrogens is 1. The number of hydrogen-bond donors (Lipinski definition) is 1. The summed E-state index contributed by atoms with van der Waals surface area (Å²) >= 11 is 0. The second-order valence-electron chi connectivity index (χ2n) is 3.38. The van der Waals surface area contributed by atoms with Crippen LogP contribution in [0.2, 0.25) is 0 Å². The Balaban J connectivity index is 1.92. The number of anilines is 1. The van der Waals surface area contributed by atoms with Crippen molar-refractivity contribution in [2.45, 2.75) is 19.3 Å². The van der Waals surface area contributed by atoms with Crippen LogP contribution in [0.3, 0.4) is 0 Å². The van der Waals surface area contributed by atoms with Gasteiger partial charge in [0.1, 0.15) is 12.0 Å². The van der Waals surface area contributed by atoms with E-state index in [9.17, 15) is 4.79 Å². The van der Waals surface area contributed by atoms with Crippen LogP contribution < -0.4 is 5.32 Å². The molecule has 1 aromatic heterocycles. The smallest absolute Gasteiger partial charge is 0.227 e. The van der Waals surface area contributed by atoms with Crippen LogP contribution >= 0.6 is 0 Å². The molecule has 2 rings (SSSR count). The highest BCUT2D eigenvalue weighted by Crippen LogP contribution is 2.19. The van der Waals surface area contributed by atoms with E-state index < -0.39 is 0 Å². The van der Waals surface area contributed by atoms with Crippen LogP contribution in [0.1, 0.15) is 19.3 Å². The summed E-state index contributed by atoms with van der Waals surface area (Å²) in [5.41, 5.74) is 0.629. The summed E-state index contributed by atoms with van der Waals surface area (Å²) in [6.45, 7) is 0. The Morgan fingerprint density at radius 2 is 2.50 bits per heavy atom. The fraction of sp³-hybridized carbons (Fsp3) is 0.400. The Bertz CT molecular complexity index is 330. The SMILES string of the molecule is O=C(Nc1cnoc1)C1CC=CCC1. The van der Waals surface area contributed by atoms with Crippen molar-refractivity contribution >= 4 is 11.6 Å². The number of hydrogen-bond acceptors (Lipinski definition) is 3. The molecule has 1 aliphatic rings. The Labute approximate surface area is 82.0 Å². The largest absolute Gasteiger partial charge is 0.363 e. The van der Waals surface area contributed by atoms with Gasteiger partial charge in [-0.1, -0.05) is 17.3 Å². The molecular formula is C10H12N2O2. The third-order valence-corrected chi connectivity index (χ3v) is 2.34. The van der Waals surface area contributed by atoms with E-state index in [-0.39, 0.29) is 11.8 Å². The molecule has 1 atom stereocenters. The molecule has 1 amide bonds. The van der Waals surface area contributed by atoms with Crippen LogP contribution in [-0.4, -0.2) is 11.1 Å². The maximum absolute atomic E-state index is 11.7. The molecule has 1 unspecified atom stereocenters. The minimum absolute atomic E-state index is 0.0533. The average Bonchev–Trinajstić information content (AvgIpc) is 2.72. The summed E-state index contributed by atoms with van der Waals surface area (Å²) in [5.74, 6) is 0.146. The maximum Gasteiger partial charge on any atom is 0.227 e. The molecule has 0 aliphatic heterocycles. The second-order valence-corrected chi connectivity index (χ2v) is 3.38. The molecule has 4 nitrogen and oxygen atoms in total. The minimum atomic E-state index is 0.0533. The Hall–Kier alpha value is -1.58. The molecule has 1 N–H and O–H groups in total. The van der Waals surface area contributed by atoms with Crippen molar-refractivity contribution in [2.24, 2.45) is 5.92 Å². The number of carbonyl (C=O) groups excluding carboxylic acids is 1. The fourth-order valence-corrected chi connectivity index (χ4v) is 1.54. The quantitative estimate of drug-likeness (QED) is 0.729. The molecule has 0 saturated carbocycles. The van der Waals surface area contributed by atoms with Gasteiger partial charge in [0.15, 0.2) is 0 Å². The summed E-state index contributed by atoms with van der Waals surface area (Å²) in [6, 6.07) is 0. The summed E-state index contributed by atoms with van der Waals surface area (Å²) in [6.07, 6.45) is 9.84. The van der Waals surface area contributed by atoms with Gasteiger partial charge in [0.05, 0.1) is 6.20 Å². The van der Waals surface area contributed by atoms with Crippen molar-refractivity contribution in [3.8, 4) is 0 Å². The third-order valence-electron chi connectivity index (χ3n) is 2.34. The van der Waals surface area contributed by atoms with E-state index in [0.29, 0.717) is 5.69 Å². The van der Waals surface area contributed by atoms with Gasteiger partial charge in [0.25, 0.3) is 0 Å². The molecule has 0 fully saturated rings. The molecule has 4 heteroatoms. The van der Waals surface area contributed by atoms with Crippen molar-refractivity contribution in [2.75, 3.05) is 5.32 Å². The van der Waals surface area contributed by atoms with E-state index in [0.717, 1.165) is 19.3 Å². The van der Waals surface area contributed by atoms with Gasteiger partial charge >= 0.3 is 0 Å². The first-order valence-corrected chi connectivity index (χ1v) is 4.71. The number of allylic oxidation sites excluding steroid dienone is 2. The highest BCUT2D eigenvalue weighted by molar-refractivity contribution is 5.92. The third kappa shape index (κ3) is 2.02. The van der Waals surface area contributed by atoms with Crippen molar-refractivity contribution in [3.05, 3.63) is 24.6 Å². The summed E-state index contributed by atoms with van der Waals surface area (Å²) < 4.78 is 4.62. The van der Waals surface area contributed by atoms with E-state index in [1.165, 1.54) is 12.5 Å². The lowest BCUT2D eigenvalue weighted by Gasteiger charge is -2.16. The van der Waals surface area contributed by atoms with E-state index in [2.05, 4.69) is 27.1 Å². The molecule has 74 valence electrons. The summed E-state index contributed by atoms with van der Waals surface area (Å²) in [4.78, 5) is 11.7. The van der Waals surface area contributed by atoms with Gasteiger partial charge in [-0.05, 0) is 19.3 Å². The minimum Gasteiger partial charge on any atom is -0.363 e. The summed E-state index contributed by atoms with van der Waals surface area (Å²) in [7, 11) is 0. The standard InChI is InChI=1S/C10H12N2O2/c13-10(8-4-2-1-3-5-8)12-9-6-11-14-7-9/h1-2,6-8H,3-5H2,(H,12,13). The van der Waals surface area contributed by atoms with Crippen LogP contribution in [0.25, 0.3) is 0 Å². The molecule has 0 spiro atoms. The molecule has 1 aromatic rings. The van der Waals surface area contributed by atoms with Crippen LogP contribution in [0.5, 0.6) is 0 Å². The molecule has 0 saturated heterocycles. The molecule has 14 heavy (non-hydrogen) atoms. The van der Waals surface area contributed by atoms with E-state index in [4.69, 9.17) is 0 Å². The van der Waals surface area contributed by atoms with Gasteiger partial charge in [0.2, 0.25) is 5.91 Å². The van der Waals surface area contributed by atoms with Gasteiger partial charge in [-0.2, -0.15) is 0 Å². The van der Waals surface area contributed by atoms with Crippen molar-refractivity contribution in [1.29, 1.82) is 0 Å². The highest BCUT2D eigenvalue weighted by Gasteiger charge is 2.18. The average molecular weight is 192 g/mol. The van der Waals surface area contributed by atoms with E-state index in [1.807, 2.05) is 0 Å². The first-order valence-electron chi connectivity index (χ1n) is 4.71. The first kappa shape index (κ1) is 8.99. The zero-order valence-corrected chi connectivity index (χ0v) is 7.77. The topological polar surface area (TPSA) is 55.1 Å². The zero-order valence-electron chi connectivity index (χ0n) is 7.77. The van der Waals surface area contributed by atoms with Crippen LogP contribution in [0.15, 0.2) is 29.1 Å². The Kier molecular flexibility index (Phi) is 2.62. The number of amides is 1. The van der Waals surface area contributed by atoms with Crippen molar-refractivity contribution < 1.29 is 9.32 Å².